The maximum absolute atomic E-state index is 13.7. The van der Waals surface area contributed by atoms with E-state index in [4.69, 9.17) is 11.6 Å². The zero-order chi connectivity index (χ0) is 15.6. The van der Waals surface area contributed by atoms with Crippen molar-refractivity contribution in [3.05, 3.63) is 58.4 Å². The van der Waals surface area contributed by atoms with Crippen LogP contribution in [0.2, 0.25) is 5.02 Å². The van der Waals surface area contributed by atoms with E-state index in [0.29, 0.717) is 16.3 Å². The van der Waals surface area contributed by atoms with E-state index in [1.807, 2.05) is 6.92 Å². The molecular weight excluding hydrogens is 313 g/mol. The lowest BCUT2D eigenvalue weighted by molar-refractivity contribution is 0.601. The van der Waals surface area contributed by atoms with E-state index in [1.54, 1.807) is 24.3 Å². The van der Waals surface area contributed by atoms with Gasteiger partial charge < -0.3 is 5.32 Å². The summed E-state index contributed by atoms with van der Waals surface area (Å²) in [6, 6.07) is 9.37. The van der Waals surface area contributed by atoms with Gasteiger partial charge >= 0.3 is 0 Å². The highest BCUT2D eigenvalue weighted by Crippen LogP contribution is 2.26. The first-order chi connectivity index (χ1) is 9.79. The van der Waals surface area contributed by atoms with Gasteiger partial charge in [0, 0.05) is 23.4 Å². The lowest BCUT2D eigenvalue weighted by Gasteiger charge is -2.13. The molecule has 0 saturated carbocycles. The molecule has 0 aliphatic carbocycles. The number of hydrogen-bond acceptors (Lipinski definition) is 3. The summed E-state index contributed by atoms with van der Waals surface area (Å²) < 4.78 is 37.2. The normalized spacial score (nSPS) is 11.4. The van der Waals surface area contributed by atoms with Gasteiger partial charge in [0.15, 0.2) is 9.84 Å². The van der Waals surface area contributed by atoms with Crippen LogP contribution in [0, 0.1) is 12.7 Å². The molecule has 0 bridgehead atoms. The second-order valence-electron chi connectivity index (χ2n) is 4.83. The number of sulfone groups is 1. The smallest absolute Gasteiger partial charge is 0.175 e. The molecule has 2 aromatic rings. The molecule has 6 heteroatoms. The van der Waals surface area contributed by atoms with Gasteiger partial charge in [-0.25, -0.2) is 12.8 Å². The Kier molecular flexibility index (Phi) is 4.54. The molecule has 3 nitrogen and oxygen atoms in total. The van der Waals surface area contributed by atoms with Gasteiger partial charge in [-0.05, 0) is 36.8 Å². The highest BCUT2D eigenvalue weighted by molar-refractivity contribution is 7.90. The van der Waals surface area contributed by atoms with Gasteiger partial charge in [-0.15, -0.1) is 0 Å². The Morgan fingerprint density at radius 1 is 1.24 bits per heavy atom. The summed E-state index contributed by atoms with van der Waals surface area (Å²) in [7, 11) is -3.40. The molecule has 2 rings (SSSR count). The minimum atomic E-state index is -3.40. The van der Waals surface area contributed by atoms with Crippen LogP contribution in [-0.4, -0.2) is 14.7 Å². The lowest BCUT2D eigenvalue weighted by Crippen LogP contribution is -2.08. The Balaban J connectivity index is 2.34. The Morgan fingerprint density at radius 3 is 2.62 bits per heavy atom. The number of aryl methyl sites for hydroxylation is 1. The van der Waals surface area contributed by atoms with E-state index < -0.39 is 15.7 Å². The average molecular weight is 328 g/mol. The molecule has 0 amide bonds. The molecule has 0 aliphatic heterocycles. The second-order valence-corrected chi connectivity index (χ2v) is 7.22. The average Bonchev–Trinajstić information content (AvgIpc) is 2.39. The SMILES string of the molecule is Cc1ccc(F)c(NCc2c(Cl)cccc2S(C)(=O)=O)c1. The van der Waals surface area contributed by atoms with Crippen molar-refractivity contribution in [3.8, 4) is 0 Å². The van der Waals surface area contributed by atoms with E-state index in [0.717, 1.165) is 11.8 Å². The van der Waals surface area contributed by atoms with Gasteiger partial charge in [0.1, 0.15) is 5.82 Å². The monoisotopic (exact) mass is 327 g/mol. The molecule has 0 saturated heterocycles. The van der Waals surface area contributed by atoms with Crippen LogP contribution in [0.25, 0.3) is 0 Å². The number of rotatable bonds is 4. The Morgan fingerprint density at radius 2 is 1.95 bits per heavy atom. The first-order valence-corrected chi connectivity index (χ1v) is 8.53. The van der Waals surface area contributed by atoms with Gasteiger partial charge in [0.25, 0.3) is 0 Å². The number of anilines is 1. The first kappa shape index (κ1) is 15.8. The number of halogens is 2. The van der Waals surface area contributed by atoms with Crippen molar-refractivity contribution in [2.75, 3.05) is 11.6 Å². The van der Waals surface area contributed by atoms with E-state index in [-0.39, 0.29) is 11.4 Å². The van der Waals surface area contributed by atoms with Gasteiger partial charge in [0.05, 0.1) is 10.6 Å². The van der Waals surface area contributed by atoms with E-state index in [2.05, 4.69) is 5.32 Å². The predicted molar refractivity (Wildman–Crippen MR) is 83.0 cm³/mol. The van der Waals surface area contributed by atoms with Crippen molar-refractivity contribution < 1.29 is 12.8 Å². The summed E-state index contributed by atoms with van der Waals surface area (Å²) in [6.07, 6.45) is 1.12. The van der Waals surface area contributed by atoms with Crippen molar-refractivity contribution >= 4 is 27.1 Å². The fraction of sp³-hybridized carbons (Fsp3) is 0.200. The van der Waals surface area contributed by atoms with Crippen molar-refractivity contribution in [2.45, 2.75) is 18.4 Å². The number of hydrogen-bond donors (Lipinski definition) is 1. The molecule has 112 valence electrons. The quantitative estimate of drug-likeness (QED) is 0.929. The second kappa shape index (κ2) is 6.03. The van der Waals surface area contributed by atoms with Gasteiger partial charge in [-0.3, -0.25) is 0 Å². The minimum Gasteiger partial charge on any atom is -0.378 e. The summed E-state index contributed by atoms with van der Waals surface area (Å²) in [5.74, 6) is -0.395. The molecular formula is C15H15ClFNO2S. The minimum absolute atomic E-state index is 0.127. The van der Waals surface area contributed by atoms with E-state index >= 15 is 0 Å². The Bertz CT molecular complexity index is 775. The molecule has 0 fully saturated rings. The molecule has 0 aliphatic rings. The van der Waals surface area contributed by atoms with Crippen molar-refractivity contribution in [1.29, 1.82) is 0 Å². The molecule has 0 aromatic heterocycles. The molecule has 0 heterocycles. The molecule has 1 N–H and O–H groups in total. The summed E-state index contributed by atoms with van der Waals surface area (Å²) >= 11 is 6.07. The van der Waals surface area contributed by atoms with Crippen molar-refractivity contribution in [2.24, 2.45) is 0 Å². The summed E-state index contributed by atoms with van der Waals surface area (Å²) in [5, 5.41) is 3.23. The third-order valence-electron chi connectivity index (χ3n) is 3.05. The van der Waals surface area contributed by atoms with Crippen LogP contribution in [0.15, 0.2) is 41.3 Å². The standard InChI is InChI=1S/C15H15ClFNO2S/c1-10-6-7-13(17)14(8-10)18-9-11-12(16)4-3-5-15(11)21(2,19)20/h3-8,18H,9H2,1-2H3. The van der Waals surface area contributed by atoms with Crippen LogP contribution in [-0.2, 0) is 16.4 Å². The van der Waals surface area contributed by atoms with Crippen LogP contribution in [0.4, 0.5) is 10.1 Å². The Labute approximate surface area is 128 Å². The highest BCUT2D eigenvalue weighted by atomic mass is 35.5. The maximum Gasteiger partial charge on any atom is 0.175 e. The fourth-order valence-corrected chi connectivity index (χ4v) is 3.27. The first-order valence-electron chi connectivity index (χ1n) is 6.26. The molecule has 0 radical (unpaired) electrons. The molecule has 0 spiro atoms. The summed E-state index contributed by atoms with van der Waals surface area (Å²) in [5.41, 5.74) is 1.65. The Hall–Kier alpha value is -1.59. The largest absolute Gasteiger partial charge is 0.378 e. The molecule has 0 atom stereocenters. The third-order valence-corrected chi connectivity index (χ3v) is 4.59. The zero-order valence-corrected chi connectivity index (χ0v) is 13.2. The topological polar surface area (TPSA) is 46.2 Å². The molecule has 0 unspecified atom stereocenters. The van der Waals surface area contributed by atoms with E-state index in [1.165, 1.54) is 12.1 Å². The van der Waals surface area contributed by atoms with Crippen LogP contribution in [0.1, 0.15) is 11.1 Å². The molecule has 21 heavy (non-hydrogen) atoms. The lowest BCUT2D eigenvalue weighted by atomic mass is 10.2. The number of benzene rings is 2. The highest BCUT2D eigenvalue weighted by Gasteiger charge is 2.16. The number of nitrogens with one attached hydrogen (secondary N) is 1. The van der Waals surface area contributed by atoms with Gasteiger partial charge in [-0.2, -0.15) is 0 Å². The van der Waals surface area contributed by atoms with Crippen LogP contribution < -0.4 is 5.32 Å². The van der Waals surface area contributed by atoms with Crippen molar-refractivity contribution in [1.82, 2.24) is 0 Å². The maximum atomic E-state index is 13.7. The van der Waals surface area contributed by atoms with Crippen LogP contribution in [0.3, 0.4) is 0 Å². The fourth-order valence-electron chi connectivity index (χ4n) is 2.02. The van der Waals surface area contributed by atoms with Crippen molar-refractivity contribution in [3.63, 3.8) is 0 Å². The summed E-state index contributed by atoms with van der Waals surface area (Å²) in [6.45, 7) is 1.98. The van der Waals surface area contributed by atoms with Gasteiger partial charge in [0.2, 0.25) is 0 Å². The molecule has 2 aromatic carbocycles. The van der Waals surface area contributed by atoms with Crippen LogP contribution >= 0.6 is 11.6 Å². The predicted octanol–water partition coefficient (Wildman–Crippen LogP) is 3.80. The third kappa shape index (κ3) is 3.74. The zero-order valence-electron chi connectivity index (χ0n) is 11.7. The van der Waals surface area contributed by atoms with E-state index in [9.17, 15) is 12.8 Å². The summed E-state index contributed by atoms with van der Waals surface area (Å²) in [4.78, 5) is 0.149. The van der Waals surface area contributed by atoms with Crippen LogP contribution in [0.5, 0.6) is 0 Å². The van der Waals surface area contributed by atoms with Gasteiger partial charge in [-0.1, -0.05) is 23.7 Å².